The van der Waals surface area contributed by atoms with Gasteiger partial charge in [-0.3, -0.25) is 0 Å². The summed E-state index contributed by atoms with van der Waals surface area (Å²) in [6.45, 7) is 1.77. The van der Waals surface area contributed by atoms with Gasteiger partial charge in [0.05, 0.1) is 0 Å². The summed E-state index contributed by atoms with van der Waals surface area (Å²) in [5.41, 5.74) is 6.67. The van der Waals surface area contributed by atoms with Crippen LogP contribution in [0.1, 0.15) is 18.6 Å². The Morgan fingerprint density at radius 2 is 1.85 bits per heavy atom. The monoisotopic (exact) mass is 297 g/mol. The first kappa shape index (κ1) is 14.8. The molecule has 0 heterocycles. The van der Waals surface area contributed by atoms with E-state index in [1.165, 1.54) is 6.07 Å². The number of halogens is 3. The Labute approximate surface area is 121 Å². The predicted octanol–water partition coefficient (Wildman–Crippen LogP) is 4.09. The molecule has 2 N–H and O–H groups in total. The lowest BCUT2D eigenvalue weighted by Gasteiger charge is -2.23. The van der Waals surface area contributed by atoms with E-state index in [9.17, 15) is 8.78 Å². The van der Waals surface area contributed by atoms with Gasteiger partial charge in [-0.15, -0.1) is 0 Å². The first-order valence-electron chi connectivity index (χ1n) is 6.10. The number of rotatable bonds is 4. The highest BCUT2D eigenvalue weighted by Gasteiger charge is 2.19. The summed E-state index contributed by atoms with van der Waals surface area (Å²) in [6, 6.07) is 10.1. The average Bonchev–Trinajstić information content (AvgIpc) is 2.39. The van der Waals surface area contributed by atoms with Gasteiger partial charge in [-0.05, 0) is 36.8 Å². The van der Waals surface area contributed by atoms with Crippen molar-refractivity contribution in [1.82, 2.24) is 0 Å². The first-order chi connectivity index (χ1) is 9.47. The van der Waals surface area contributed by atoms with Gasteiger partial charge in [0.25, 0.3) is 0 Å². The molecule has 2 atom stereocenters. The van der Waals surface area contributed by atoms with Crippen LogP contribution in [0.15, 0.2) is 42.5 Å². The van der Waals surface area contributed by atoms with Crippen molar-refractivity contribution < 1.29 is 13.5 Å². The zero-order valence-electron chi connectivity index (χ0n) is 10.8. The van der Waals surface area contributed by atoms with Gasteiger partial charge in [0.15, 0.2) is 11.6 Å². The lowest BCUT2D eigenvalue weighted by Crippen LogP contribution is -2.29. The molecule has 0 aliphatic rings. The summed E-state index contributed by atoms with van der Waals surface area (Å²) in [5.74, 6) is -1.67. The lowest BCUT2D eigenvalue weighted by molar-refractivity contribution is 0.179. The molecule has 2 rings (SSSR count). The minimum atomic E-state index is -0.961. The molecule has 0 aliphatic heterocycles. The van der Waals surface area contributed by atoms with Crippen molar-refractivity contribution in [3.8, 4) is 5.75 Å². The Morgan fingerprint density at radius 3 is 2.45 bits per heavy atom. The molecule has 5 heteroatoms. The third-order valence-corrected chi connectivity index (χ3v) is 3.04. The summed E-state index contributed by atoms with van der Waals surface area (Å²) in [5, 5.41) is 0.557. The Kier molecular flexibility index (Phi) is 4.57. The van der Waals surface area contributed by atoms with Crippen LogP contribution in [-0.4, -0.2) is 6.04 Å². The van der Waals surface area contributed by atoms with Gasteiger partial charge in [0.2, 0.25) is 0 Å². The third-order valence-electron chi connectivity index (χ3n) is 2.81. The van der Waals surface area contributed by atoms with E-state index in [0.29, 0.717) is 5.02 Å². The summed E-state index contributed by atoms with van der Waals surface area (Å²) in [4.78, 5) is 0. The van der Waals surface area contributed by atoms with Gasteiger partial charge in [0.1, 0.15) is 11.9 Å². The third kappa shape index (κ3) is 3.46. The molecule has 0 aromatic heterocycles. The fourth-order valence-electron chi connectivity index (χ4n) is 1.86. The van der Waals surface area contributed by atoms with Crippen LogP contribution in [0.5, 0.6) is 5.75 Å². The second kappa shape index (κ2) is 6.20. The van der Waals surface area contributed by atoms with Crippen molar-refractivity contribution in [2.75, 3.05) is 0 Å². The van der Waals surface area contributed by atoms with E-state index in [0.717, 1.165) is 17.7 Å². The molecule has 0 spiro atoms. The fourth-order valence-corrected chi connectivity index (χ4v) is 2.06. The highest BCUT2D eigenvalue weighted by atomic mass is 35.5. The zero-order chi connectivity index (χ0) is 14.7. The van der Waals surface area contributed by atoms with Gasteiger partial charge in [-0.25, -0.2) is 8.78 Å². The smallest absolute Gasteiger partial charge is 0.162 e. The maximum atomic E-state index is 13.2. The summed E-state index contributed by atoms with van der Waals surface area (Å²) >= 11 is 5.94. The SMILES string of the molecule is CC(N)C(Oc1ccc(F)c(F)c1)c1cccc(Cl)c1. The van der Waals surface area contributed by atoms with E-state index in [1.807, 2.05) is 6.07 Å². The fraction of sp³-hybridized carbons (Fsp3) is 0.200. The number of hydrogen-bond donors (Lipinski definition) is 1. The molecule has 0 radical (unpaired) electrons. The summed E-state index contributed by atoms with van der Waals surface area (Å²) in [7, 11) is 0. The molecule has 0 saturated heterocycles. The van der Waals surface area contributed by atoms with Crippen LogP contribution in [0.25, 0.3) is 0 Å². The van der Waals surface area contributed by atoms with Crippen molar-refractivity contribution in [2.24, 2.45) is 5.73 Å². The molecule has 0 aliphatic carbocycles. The molecule has 20 heavy (non-hydrogen) atoms. The zero-order valence-corrected chi connectivity index (χ0v) is 11.6. The minimum Gasteiger partial charge on any atom is -0.484 e. The second-order valence-electron chi connectivity index (χ2n) is 4.53. The molecule has 0 fully saturated rings. The van der Waals surface area contributed by atoms with Crippen LogP contribution >= 0.6 is 11.6 Å². The van der Waals surface area contributed by atoms with Gasteiger partial charge in [-0.1, -0.05) is 23.7 Å². The van der Waals surface area contributed by atoms with E-state index < -0.39 is 17.7 Å². The lowest BCUT2D eigenvalue weighted by atomic mass is 10.0. The van der Waals surface area contributed by atoms with Crippen LogP contribution < -0.4 is 10.5 Å². The van der Waals surface area contributed by atoms with Crippen molar-refractivity contribution in [1.29, 1.82) is 0 Å². The number of nitrogens with two attached hydrogens (primary N) is 1. The Balaban J connectivity index is 2.28. The summed E-state index contributed by atoms with van der Waals surface area (Å²) in [6.07, 6.45) is -0.501. The van der Waals surface area contributed by atoms with Crippen LogP contribution in [0, 0.1) is 11.6 Å². The molecule has 0 saturated carbocycles. The maximum absolute atomic E-state index is 13.2. The largest absolute Gasteiger partial charge is 0.484 e. The maximum Gasteiger partial charge on any atom is 0.162 e. The normalized spacial score (nSPS) is 13.8. The number of ether oxygens (including phenoxy) is 1. The molecule has 2 unspecified atom stereocenters. The first-order valence-corrected chi connectivity index (χ1v) is 6.48. The van der Waals surface area contributed by atoms with Gasteiger partial charge < -0.3 is 10.5 Å². The van der Waals surface area contributed by atoms with Gasteiger partial charge in [0, 0.05) is 17.1 Å². The molecule has 2 aromatic carbocycles. The van der Waals surface area contributed by atoms with Crippen molar-refractivity contribution in [3.63, 3.8) is 0 Å². The average molecular weight is 298 g/mol. The Bertz CT molecular complexity index is 604. The van der Waals surface area contributed by atoms with E-state index in [2.05, 4.69) is 0 Å². The van der Waals surface area contributed by atoms with Crippen LogP contribution in [0.4, 0.5) is 8.78 Å². The standard InChI is InChI=1S/C15H14ClF2NO/c1-9(19)15(10-3-2-4-11(16)7-10)20-12-5-6-13(17)14(18)8-12/h2-9,15H,19H2,1H3. The Morgan fingerprint density at radius 1 is 1.10 bits per heavy atom. The van der Waals surface area contributed by atoms with Crippen molar-refractivity contribution >= 4 is 11.6 Å². The van der Waals surface area contributed by atoms with Crippen LogP contribution in [-0.2, 0) is 0 Å². The molecule has 2 nitrogen and oxygen atoms in total. The molecular weight excluding hydrogens is 284 g/mol. The predicted molar refractivity (Wildman–Crippen MR) is 74.8 cm³/mol. The molecule has 106 valence electrons. The topological polar surface area (TPSA) is 35.2 Å². The van der Waals surface area contributed by atoms with Crippen molar-refractivity contribution in [3.05, 3.63) is 64.7 Å². The van der Waals surface area contributed by atoms with E-state index >= 15 is 0 Å². The van der Waals surface area contributed by atoms with E-state index in [1.54, 1.807) is 25.1 Å². The van der Waals surface area contributed by atoms with Gasteiger partial charge in [-0.2, -0.15) is 0 Å². The van der Waals surface area contributed by atoms with E-state index in [-0.39, 0.29) is 11.8 Å². The molecule has 2 aromatic rings. The highest BCUT2D eigenvalue weighted by molar-refractivity contribution is 6.30. The number of benzene rings is 2. The highest BCUT2D eigenvalue weighted by Crippen LogP contribution is 2.27. The number of hydrogen-bond acceptors (Lipinski definition) is 2. The van der Waals surface area contributed by atoms with Crippen molar-refractivity contribution in [2.45, 2.75) is 19.1 Å². The molecule has 0 amide bonds. The van der Waals surface area contributed by atoms with Gasteiger partial charge >= 0.3 is 0 Å². The Hall–Kier alpha value is -1.65. The second-order valence-corrected chi connectivity index (χ2v) is 4.96. The van der Waals surface area contributed by atoms with E-state index in [4.69, 9.17) is 22.1 Å². The quantitative estimate of drug-likeness (QED) is 0.922. The van der Waals surface area contributed by atoms with Crippen LogP contribution in [0.3, 0.4) is 0 Å². The summed E-state index contributed by atoms with van der Waals surface area (Å²) < 4.78 is 31.8. The molecule has 0 bridgehead atoms. The minimum absolute atomic E-state index is 0.214. The van der Waals surface area contributed by atoms with Crippen LogP contribution in [0.2, 0.25) is 5.02 Å². The molecular formula is C15H14ClF2NO.